The maximum atomic E-state index is 12.1. The van der Waals surface area contributed by atoms with Crippen molar-refractivity contribution in [3.63, 3.8) is 0 Å². The highest BCUT2D eigenvalue weighted by molar-refractivity contribution is 5.78. The molecule has 0 spiro atoms. The Balaban J connectivity index is 2.32. The second-order valence-corrected chi connectivity index (χ2v) is 4.70. The fourth-order valence-corrected chi connectivity index (χ4v) is 2.29. The molecule has 7 heteroatoms. The highest BCUT2D eigenvalue weighted by Gasteiger charge is 2.41. The van der Waals surface area contributed by atoms with Gasteiger partial charge in [0.2, 0.25) is 0 Å². The predicted octanol–water partition coefficient (Wildman–Crippen LogP) is -0.321. The SMILES string of the molecule is CCn1ccnc(N2CCCC(O)(C(=O)O)C2)c1=O. The number of aryl methyl sites for hydroxylation is 1. The molecule has 19 heavy (non-hydrogen) atoms. The lowest BCUT2D eigenvalue weighted by Gasteiger charge is -2.36. The van der Waals surface area contributed by atoms with Crippen LogP contribution in [0, 0.1) is 0 Å². The van der Waals surface area contributed by atoms with E-state index < -0.39 is 11.6 Å². The average molecular weight is 267 g/mol. The Bertz CT molecular complexity index is 542. The van der Waals surface area contributed by atoms with Crippen LogP contribution in [-0.2, 0) is 11.3 Å². The molecule has 0 amide bonds. The molecule has 1 unspecified atom stereocenters. The van der Waals surface area contributed by atoms with Gasteiger partial charge in [0.15, 0.2) is 11.4 Å². The molecule has 2 N–H and O–H groups in total. The van der Waals surface area contributed by atoms with E-state index in [0.29, 0.717) is 19.5 Å². The normalized spacial score (nSPS) is 23.4. The predicted molar refractivity (Wildman–Crippen MR) is 68.2 cm³/mol. The molecule has 0 bridgehead atoms. The van der Waals surface area contributed by atoms with Gasteiger partial charge >= 0.3 is 5.97 Å². The average Bonchev–Trinajstić information content (AvgIpc) is 2.39. The van der Waals surface area contributed by atoms with Crippen molar-refractivity contribution >= 4 is 11.8 Å². The molecule has 1 aromatic heterocycles. The summed E-state index contributed by atoms with van der Waals surface area (Å²) in [5, 5.41) is 19.1. The van der Waals surface area contributed by atoms with E-state index in [9.17, 15) is 14.7 Å². The first-order valence-electron chi connectivity index (χ1n) is 6.24. The van der Waals surface area contributed by atoms with Gasteiger partial charge in [0, 0.05) is 25.5 Å². The maximum Gasteiger partial charge on any atom is 0.337 e. The molecule has 104 valence electrons. The third-order valence-electron chi connectivity index (χ3n) is 3.40. The number of carboxylic acid groups (broad SMARTS) is 1. The van der Waals surface area contributed by atoms with Crippen molar-refractivity contribution in [3.05, 3.63) is 22.7 Å². The zero-order valence-electron chi connectivity index (χ0n) is 10.7. The van der Waals surface area contributed by atoms with Gasteiger partial charge in [-0.15, -0.1) is 0 Å². The minimum Gasteiger partial charge on any atom is -0.479 e. The van der Waals surface area contributed by atoms with Crippen molar-refractivity contribution in [2.75, 3.05) is 18.0 Å². The van der Waals surface area contributed by atoms with Crippen molar-refractivity contribution in [2.24, 2.45) is 0 Å². The van der Waals surface area contributed by atoms with E-state index in [-0.39, 0.29) is 24.3 Å². The summed E-state index contributed by atoms with van der Waals surface area (Å²) >= 11 is 0. The summed E-state index contributed by atoms with van der Waals surface area (Å²) in [6.45, 7) is 2.77. The lowest BCUT2D eigenvalue weighted by Crippen LogP contribution is -2.54. The molecule has 1 aliphatic rings. The summed E-state index contributed by atoms with van der Waals surface area (Å²) in [6, 6.07) is 0. The molecular formula is C12H17N3O4. The number of anilines is 1. The standard InChI is InChI=1S/C12H17N3O4/c1-2-14-7-5-13-9(10(14)16)15-6-3-4-12(19,8-15)11(17)18/h5,7,19H,2-4,6,8H2,1H3,(H,17,18). The number of hydrogen-bond donors (Lipinski definition) is 2. The molecule has 1 fully saturated rings. The van der Waals surface area contributed by atoms with Crippen molar-refractivity contribution < 1.29 is 15.0 Å². The maximum absolute atomic E-state index is 12.1. The smallest absolute Gasteiger partial charge is 0.337 e. The first-order valence-corrected chi connectivity index (χ1v) is 6.24. The van der Waals surface area contributed by atoms with Gasteiger partial charge in [-0.2, -0.15) is 0 Å². The number of aromatic nitrogens is 2. The molecule has 1 saturated heterocycles. The van der Waals surface area contributed by atoms with E-state index in [0.717, 1.165) is 0 Å². The fourth-order valence-electron chi connectivity index (χ4n) is 2.29. The molecule has 0 aromatic carbocycles. The van der Waals surface area contributed by atoms with Crippen molar-refractivity contribution in [3.8, 4) is 0 Å². The molecule has 1 aromatic rings. The van der Waals surface area contributed by atoms with Crippen molar-refractivity contribution in [1.82, 2.24) is 9.55 Å². The number of carboxylic acids is 1. The van der Waals surface area contributed by atoms with Gasteiger partial charge in [-0.3, -0.25) is 4.79 Å². The minimum absolute atomic E-state index is 0.113. The van der Waals surface area contributed by atoms with Gasteiger partial charge in [-0.25, -0.2) is 9.78 Å². The van der Waals surface area contributed by atoms with Gasteiger partial charge in [0.25, 0.3) is 5.56 Å². The van der Waals surface area contributed by atoms with Crippen LogP contribution in [0.25, 0.3) is 0 Å². The number of carbonyl (C=O) groups is 1. The van der Waals surface area contributed by atoms with Gasteiger partial charge < -0.3 is 19.7 Å². The zero-order valence-corrected chi connectivity index (χ0v) is 10.7. The molecule has 0 saturated carbocycles. The number of piperidine rings is 1. The zero-order chi connectivity index (χ0) is 14.0. The van der Waals surface area contributed by atoms with Crippen LogP contribution < -0.4 is 10.5 Å². The number of nitrogens with zero attached hydrogens (tertiary/aromatic N) is 3. The molecule has 2 heterocycles. The first kappa shape index (κ1) is 13.5. The van der Waals surface area contributed by atoms with E-state index in [1.54, 1.807) is 11.1 Å². The quantitative estimate of drug-likeness (QED) is 0.779. The van der Waals surface area contributed by atoms with E-state index in [1.807, 2.05) is 6.92 Å². The van der Waals surface area contributed by atoms with Gasteiger partial charge in [0.05, 0.1) is 6.54 Å². The summed E-state index contributed by atoms with van der Waals surface area (Å²) < 4.78 is 1.50. The summed E-state index contributed by atoms with van der Waals surface area (Å²) in [4.78, 5) is 28.8. The Morgan fingerprint density at radius 2 is 2.32 bits per heavy atom. The minimum atomic E-state index is -1.81. The molecule has 1 atom stereocenters. The second-order valence-electron chi connectivity index (χ2n) is 4.70. The van der Waals surface area contributed by atoms with E-state index in [1.165, 1.54) is 10.8 Å². The summed E-state index contributed by atoms with van der Waals surface area (Å²) in [7, 11) is 0. The fraction of sp³-hybridized carbons (Fsp3) is 0.583. The summed E-state index contributed by atoms with van der Waals surface area (Å²) in [6.07, 6.45) is 3.78. The Hall–Kier alpha value is -1.89. The second kappa shape index (κ2) is 5.00. The van der Waals surface area contributed by atoms with E-state index in [2.05, 4.69) is 4.98 Å². The van der Waals surface area contributed by atoms with Crippen LogP contribution >= 0.6 is 0 Å². The molecule has 0 aliphatic carbocycles. The van der Waals surface area contributed by atoms with E-state index >= 15 is 0 Å². The van der Waals surface area contributed by atoms with Crippen LogP contribution in [0.15, 0.2) is 17.2 Å². The molecule has 2 rings (SSSR count). The van der Waals surface area contributed by atoms with Crippen LogP contribution in [0.5, 0.6) is 0 Å². The van der Waals surface area contributed by atoms with Crippen LogP contribution in [0.1, 0.15) is 19.8 Å². The monoisotopic (exact) mass is 267 g/mol. The molecule has 1 aliphatic heterocycles. The van der Waals surface area contributed by atoms with Gasteiger partial charge in [-0.1, -0.05) is 0 Å². The van der Waals surface area contributed by atoms with Crippen molar-refractivity contribution in [1.29, 1.82) is 0 Å². The number of aliphatic hydroxyl groups is 1. The highest BCUT2D eigenvalue weighted by atomic mass is 16.4. The van der Waals surface area contributed by atoms with E-state index in [4.69, 9.17) is 5.11 Å². The van der Waals surface area contributed by atoms with Gasteiger partial charge in [0.1, 0.15) is 0 Å². The number of β-amino-alcohol motifs (C(OH)–C–C–N with tert-alkyl or cyclic N) is 1. The van der Waals surface area contributed by atoms with Gasteiger partial charge in [-0.05, 0) is 19.8 Å². The van der Waals surface area contributed by atoms with Crippen LogP contribution in [0.2, 0.25) is 0 Å². The molecular weight excluding hydrogens is 250 g/mol. The third-order valence-corrected chi connectivity index (χ3v) is 3.40. The molecule has 0 radical (unpaired) electrons. The lowest BCUT2D eigenvalue weighted by molar-refractivity contribution is -0.159. The topological polar surface area (TPSA) is 95.7 Å². The Labute approximate surface area is 110 Å². The Morgan fingerprint density at radius 1 is 1.58 bits per heavy atom. The van der Waals surface area contributed by atoms with Crippen molar-refractivity contribution in [2.45, 2.75) is 31.9 Å². The first-order chi connectivity index (χ1) is 8.98. The summed E-state index contributed by atoms with van der Waals surface area (Å²) in [5.74, 6) is -1.06. The highest BCUT2D eigenvalue weighted by Crippen LogP contribution is 2.23. The Morgan fingerprint density at radius 3 is 2.95 bits per heavy atom. The largest absolute Gasteiger partial charge is 0.479 e. The number of aliphatic carboxylic acids is 1. The number of hydrogen-bond acceptors (Lipinski definition) is 5. The van der Waals surface area contributed by atoms with Crippen LogP contribution in [-0.4, -0.2) is 44.4 Å². The number of rotatable bonds is 3. The molecule has 7 nitrogen and oxygen atoms in total. The van der Waals surface area contributed by atoms with Crippen LogP contribution in [0.4, 0.5) is 5.82 Å². The summed E-state index contributed by atoms with van der Waals surface area (Å²) in [5.41, 5.74) is -2.07. The van der Waals surface area contributed by atoms with Crippen LogP contribution in [0.3, 0.4) is 0 Å². The third kappa shape index (κ3) is 2.46. The Kier molecular flexibility index (Phi) is 3.57. The lowest BCUT2D eigenvalue weighted by atomic mass is 9.93.